The molecule has 2 N–H and O–H groups in total. The van der Waals surface area contributed by atoms with Crippen LogP contribution in [-0.2, 0) is 4.79 Å². The largest absolute Gasteiger partial charge is 0.481 e. The van der Waals surface area contributed by atoms with Crippen molar-refractivity contribution in [2.45, 2.75) is 12.3 Å². The second kappa shape index (κ2) is 5.44. The summed E-state index contributed by atoms with van der Waals surface area (Å²) in [5, 5.41) is 18.1. The van der Waals surface area contributed by atoms with Crippen LogP contribution in [0.3, 0.4) is 0 Å². The highest BCUT2D eigenvalue weighted by Crippen LogP contribution is 2.34. The lowest BCUT2D eigenvalue weighted by atomic mass is 9.80. The van der Waals surface area contributed by atoms with Crippen molar-refractivity contribution in [1.82, 2.24) is 4.90 Å². The van der Waals surface area contributed by atoms with Crippen molar-refractivity contribution in [1.29, 1.82) is 0 Å². The molecule has 0 unspecified atom stereocenters. The number of benzene rings is 1. The highest BCUT2D eigenvalue weighted by molar-refractivity contribution is 5.74. The summed E-state index contributed by atoms with van der Waals surface area (Å²) in [5.74, 6) is -4.43. The van der Waals surface area contributed by atoms with Gasteiger partial charge in [0.15, 0.2) is 0 Å². The zero-order valence-electron chi connectivity index (χ0n) is 10.4. The van der Waals surface area contributed by atoms with Gasteiger partial charge >= 0.3 is 12.1 Å². The first-order chi connectivity index (χ1) is 9.40. The van der Waals surface area contributed by atoms with E-state index in [-0.39, 0.29) is 25.1 Å². The van der Waals surface area contributed by atoms with Crippen molar-refractivity contribution in [3.63, 3.8) is 0 Å². The molecule has 1 aliphatic heterocycles. The molecule has 2 rings (SSSR count). The van der Waals surface area contributed by atoms with Gasteiger partial charge in [0.2, 0.25) is 0 Å². The van der Waals surface area contributed by atoms with Crippen molar-refractivity contribution in [2.75, 3.05) is 13.1 Å². The van der Waals surface area contributed by atoms with Gasteiger partial charge in [-0.1, -0.05) is 6.07 Å². The molecule has 5 nitrogen and oxygen atoms in total. The molecule has 0 saturated carbocycles. The summed E-state index contributed by atoms with van der Waals surface area (Å²) < 4.78 is 26.7. The van der Waals surface area contributed by atoms with Crippen molar-refractivity contribution in [3.05, 3.63) is 35.4 Å². The smallest absolute Gasteiger partial charge is 0.407 e. The summed E-state index contributed by atoms with van der Waals surface area (Å²) in [7, 11) is 0. The first kappa shape index (κ1) is 14.2. The number of halogens is 2. The minimum absolute atomic E-state index is 0.115. The topological polar surface area (TPSA) is 77.8 Å². The highest BCUT2D eigenvalue weighted by Gasteiger charge is 2.38. The molecule has 0 spiro atoms. The number of piperidine rings is 1. The molecular formula is C13H13F2NO4. The van der Waals surface area contributed by atoms with Gasteiger partial charge in [-0.3, -0.25) is 4.79 Å². The van der Waals surface area contributed by atoms with E-state index in [1.807, 2.05) is 0 Å². The number of rotatable bonds is 2. The van der Waals surface area contributed by atoms with E-state index in [1.165, 1.54) is 6.07 Å². The highest BCUT2D eigenvalue weighted by atomic mass is 19.1. The molecule has 1 fully saturated rings. The standard InChI is InChI=1S/C13H13F2NO4/c14-7-1-2-9(11(15)5-7)8-3-4-16(13(19)20)6-10(8)12(17)18/h1-2,5,8,10H,3-4,6H2,(H,17,18)(H,19,20)/t8-,10-/m1/s1. The predicted octanol–water partition coefficient (Wildman–Crippen LogP) is 2.13. The second-order valence-corrected chi connectivity index (χ2v) is 4.73. The molecule has 108 valence electrons. The van der Waals surface area contributed by atoms with Crippen LogP contribution in [0.2, 0.25) is 0 Å². The van der Waals surface area contributed by atoms with Crippen LogP contribution in [0.1, 0.15) is 17.9 Å². The van der Waals surface area contributed by atoms with Crippen molar-refractivity contribution in [2.24, 2.45) is 5.92 Å². The predicted molar refractivity (Wildman–Crippen MR) is 64.4 cm³/mol. The van der Waals surface area contributed by atoms with E-state index >= 15 is 0 Å². The van der Waals surface area contributed by atoms with E-state index < -0.39 is 35.5 Å². The summed E-state index contributed by atoms with van der Waals surface area (Å²) in [6, 6.07) is 3.00. The Morgan fingerprint density at radius 1 is 1.25 bits per heavy atom. The van der Waals surface area contributed by atoms with Crippen LogP contribution in [0.4, 0.5) is 13.6 Å². The Balaban J connectivity index is 2.30. The van der Waals surface area contributed by atoms with E-state index in [2.05, 4.69) is 0 Å². The molecule has 7 heteroatoms. The molecule has 0 bridgehead atoms. The minimum atomic E-state index is -1.20. The average Bonchev–Trinajstić information content (AvgIpc) is 2.38. The summed E-state index contributed by atoms with van der Waals surface area (Å²) in [6.07, 6.45) is -1.01. The normalized spacial score (nSPS) is 22.6. The fourth-order valence-electron chi connectivity index (χ4n) is 2.55. The van der Waals surface area contributed by atoms with Gasteiger partial charge in [-0.05, 0) is 18.1 Å². The Hall–Kier alpha value is -2.18. The molecular weight excluding hydrogens is 272 g/mol. The Morgan fingerprint density at radius 3 is 2.50 bits per heavy atom. The van der Waals surface area contributed by atoms with Gasteiger partial charge in [0.25, 0.3) is 0 Å². The first-order valence-corrected chi connectivity index (χ1v) is 6.05. The van der Waals surface area contributed by atoms with E-state index in [9.17, 15) is 23.5 Å². The van der Waals surface area contributed by atoms with E-state index in [0.717, 1.165) is 11.0 Å². The molecule has 0 aliphatic carbocycles. The van der Waals surface area contributed by atoms with Crippen LogP contribution in [0.25, 0.3) is 0 Å². The van der Waals surface area contributed by atoms with Gasteiger partial charge in [-0.25, -0.2) is 13.6 Å². The molecule has 2 atom stereocenters. The number of carbonyl (C=O) groups is 2. The number of amides is 1. The zero-order chi connectivity index (χ0) is 14.9. The Labute approximate surface area is 113 Å². The van der Waals surface area contributed by atoms with Gasteiger partial charge in [0.05, 0.1) is 5.92 Å². The van der Waals surface area contributed by atoms with Crippen LogP contribution in [0.5, 0.6) is 0 Å². The molecule has 0 aromatic heterocycles. The van der Waals surface area contributed by atoms with Crippen LogP contribution < -0.4 is 0 Å². The van der Waals surface area contributed by atoms with Crippen LogP contribution >= 0.6 is 0 Å². The van der Waals surface area contributed by atoms with E-state index in [1.54, 1.807) is 0 Å². The lowest BCUT2D eigenvalue weighted by Gasteiger charge is -2.35. The minimum Gasteiger partial charge on any atom is -0.481 e. The molecule has 0 radical (unpaired) electrons. The van der Waals surface area contributed by atoms with E-state index in [0.29, 0.717) is 6.07 Å². The van der Waals surface area contributed by atoms with Crippen LogP contribution in [0.15, 0.2) is 18.2 Å². The number of carboxylic acid groups (broad SMARTS) is 2. The zero-order valence-corrected chi connectivity index (χ0v) is 10.4. The maximum absolute atomic E-state index is 13.8. The summed E-state index contributed by atoms with van der Waals surface area (Å²) in [6.45, 7) is -0.0766. The van der Waals surface area contributed by atoms with Crippen molar-refractivity contribution < 1.29 is 28.6 Å². The third kappa shape index (κ3) is 2.71. The average molecular weight is 285 g/mol. The maximum Gasteiger partial charge on any atom is 0.407 e. The number of aliphatic carboxylic acids is 1. The number of nitrogens with zero attached hydrogens (tertiary/aromatic N) is 1. The molecule has 1 aliphatic rings. The number of carboxylic acids is 1. The fraction of sp³-hybridized carbons (Fsp3) is 0.385. The van der Waals surface area contributed by atoms with Gasteiger partial charge in [-0.2, -0.15) is 0 Å². The van der Waals surface area contributed by atoms with Crippen LogP contribution in [-0.4, -0.2) is 40.3 Å². The third-order valence-corrected chi connectivity index (χ3v) is 3.56. The summed E-state index contributed by atoms with van der Waals surface area (Å²) >= 11 is 0. The quantitative estimate of drug-likeness (QED) is 0.872. The first-order valence-electron chi connectivity index (χ1n) is 6.05. The van der Waals surface area contributed by atoms with Gasteiger partial charge in [-0.15, -0.1) is 0 Å². The monoisotopic (exact) mass is 285 g/mol. The molecule has 1 heterocycles. The molecule has 20 heavy (non-hydrogen) atoms. The van der Waals surface area contributed by atoms with E-state index in [4.69, 9.17) is 5.11 Å². The summed E-state index contributed by atoms with van der Waals surface area (Å²) in [5.41, 5.74) is 0.115. The van der Waals surface area contributed by atoms with Crippen molar-refractivity contribution in [3.8, 4) is 0 Å². The fourth-order valence-corrected chi connectivity index (χ4v) is 2.55. The Kier molecular flexibility index (Phi) is 3.87. The third-order valence-electron chi connectivity index (χ3n) is 3.56. The van der Waals surface area contributed by atoms with Gasteiger partial charge in [0.1, 0.15) is 11.6 Å². The maximum atomic E-state index is 13.8. The molecule has 1 aromatic carbocycles. The lowest BCUT2D eigenvalue weighted by molar-refractivity contribution is -0.144. The van der Waals surface area contributed by atoms with Gasteiger partial charge in [0, 0.05) is 25.1 Å². The number of hydrogen-bond acceptors (Lipinski definition) is 2. The summed E-state index contributed by atoms with van der Waals surface area (Å²) in [4.78, 5) is 23.2. The molecule has 1 aromatic rings. The van der Waals surface area contributed by atoms with Crippen LogP contribution in [0, 0.1) is 17.6 Å². The lowest BCUT2D eigenvalue weighted by Crippen LogP contribution is -2.45. The second-order valence-electron chi connectivity index (χ2n) is 4.73. The Bertz CT molecular complexity index is 549. The number of hydrogen-bond donors (Lipinski definition) is 2. The van der Waals surface area contributed by atoms with Gasteiger partial charge < -0.3 is 15.1 Å². The molecule has 1 saturated heterocycles. The Morgan fingerprint density at radius 2 is 1.95 bits per heavy atom. The van der Waals surface area contributed by atoms with Crippen molar-refractivity contribution >= 4 is 12.1 Å². The molecule has 1 amide bonds. The SMILES string of the molecule is O=C(O)[C@@H]1CN(C(=O)O)CC[C@@H]1c1ccc(F)cc1F. The number of likely N-dealkylation sites (tertiary alicyclic amines) is 1.